The first kappa shape index (κ1) is 17.2. The lowest BCUT2D eigenvalue weighted by Crippen LogP contribution is -2.39. The number of hydrogen-bond donors (Lipinski definition) is 2. The molecule has 8 nitrogen and oxygen atoms in total. The van der Waals surface area contributed by atoms with E-state index in [1.165, 1.54) is 0 Å². The van der Waals surface area contributed by atoms with E-state index >= 15 is 0 Å². The van der Waals surface area contributed by atoms with Gasteiger partial charge in [0.25, 0.3) is 0 Å². The number of aliphatic carboxylic acids is 1. The molecule has 2 unspecified atom stereocenters. The molecule has 0 aromatic carbocycles. The van der Waals surface area contributed by atoms with Gasteiger partial charge >= 0.3 is 18.0 Å². The molecule has 1 aliphatic heterocycles. The predicted molar refractivity (Wildman–Crippen MR) is 71.0 cm³/mol. The van der Waals surface area contributed by atoms with Crippen LogP contribution in [0.4, 0.5) is 4.79 Å². The average molecular weight is 303 g/mol. The van der Waals surface area contributed by atoms with Crippen LogP contribution >= 0.6 is 0 Å². The first-order valence-electron chi connectivity index (χ1n) is 6.66. The number of carboxylic acid groups (broad SMARTS) is 2. The van der Waals surface area contributed by atoms with Crippen LogP contribution in [0.25, 0.3) is 0 Å². The number of amides is 1. The second-order valence-electron chi connectivity index (χ2n) is 5.85. The number of carboxylic acids is 1. The maximum atomic E-state index is 11.5. The van der Waals surface area contributed by atoms with Gasteiger partial charge in [0.15, 0.2) is 0 Å². The van der Waals surface area contributed by atoms with Gasteiger partial charge < -0.3 is 19.7 Å². The molecule has 1 amide bonds. The molecule has 120 valence electrons. The van der Waals surface area contributed by atoms with Gasteiger partial charge in [0.05, 0.1) is 25.7 Å². The first-order valence-corrected chi connectivity index (χ1v) is 6.66. The normalized spacial score (nSPS) is 22.1. The number of nitrogens with zero attached hydrogens (tertiary/aromatic N) is 1. The molecule has 0 saturated carbocycles. The van der Waals surface area contributed by atoms with E-state index in [1.807, 2.05) is 0 Å². The monoisotopic (exact) mass is 303 g/mol. The highest BCUT2D eigenvalue weighted by molar-refractivity contribution is 5.80. The van der Waals surface area contributed by atoms with E-state index in [-0.39, 0.29) is 26.0 Å². The fourth-order valence-electron chi connectivity index (χ4n) is 2.07. The molecule has 8 heteroatoms. The molecule has 1 heterocycles. The van der Waals surface area contributed by atoms with Crippen molar-refractivity contribution in [2.24, 2.45) is 0 Å². The Labute approximate surface area is 122 Å². The van der Waals surface area contributed by atoms with Crippen LogP contribution in [0.3, 0.4) is 0 Å². The summed E-state index contributed by atoms with van der Waals surface area (Å²) in [5, 5.41) is 17.9. The Kier molecular flexibility index (Phi) is 5.54. The lowest BCUT2D eigenvalue weighted by atomic mass is 10.2. The SMILES string of the molecule is CC(C)(C)OC(=O)CCOC1CC(C(=O)O)N(C(=O)O)C1. The minimum atomic E-state index is -1.29. The third-order valence-electron chi connectivity index (χ3n) is 2.87. The van der Waals surface area contributed by atoms with E-state index in [0.29, 0.717) is 0 Å². The quantitative estimate of drug-likeness (QED) is 0.726. The van der Waals surface area contributed by atoms with Crippen molar-refractivity contribution in [3.8, 4) is 0 Å². The Bertz CT molecular complexity index is 393. The van der Waals surface area contributed by atoms with Crippen molar-refractivity contribution in [2.45, 2.75) is 51.4 Å². The molecule has 1 rings (SSSR count). The summed E-state index contributed by atoms with van der Waals surface area (Å²) in [5.74, 6) is -1.61. The highest BCUT2D eigenvalue weighted by Crippen LogP contribution is 2.21. The van der Waals surface area contributed by atoms with Gasteiger partial charge in [-0.25, -0.2) is 9.59 Å². The molecule has 0 aliphatic carbocycles. The minimum absolute atomic E-state index is 0.0133. The summed E-state index contributed by atoms with van der Waals surface area (Å²) in [6.07, 6.45) is -1.69. The Morgan fingerprint density at radius 2 is 1.86 bits per heavy atom. The molecular weight excluding hydrogens is 282 g/mol. The zero-order valence-corrected chi connectivity index (χ0v) is 12.4. The number of carbonyl (C=O) groups excluding carboxylic acids is 1. The zero-order chi connectivity index (χ0) is 16.2. The van der Waals surface area contributed by atoms with Crippen LogP contribution in [0.15, 0.2) is 0 Å². The topological polar surface area (TPSA) is 113 Å². The molecule has 0 radical (unpaired) electrons. The number of hydrogen-bond acceptors (Lipinski definition) is 5. The fraction of sp³-hybridized carbons (Fsp3) is 0.769. The molecule has 2 N–H and O–H groups in total. The van der Waals surface area contributed by atoms with Gasteiger partial charge in [-0.1, -0.05) is 0 Å². The summed E-state index contributed by atoms with van der Waals surface area (Å²) in [6.45, 7) is 5.32. The average Bonchev–Trinajstić information content (AvgIpc) is 2.70. The van der Waals surface area contributed by atoms with Crippen molar-refractivity contribution in [3.05, 3.63) is 0 Å². The second kappa shape index (κ2) is 6.75. The van der Waals surface area contributed by atoms with Gasteiger partial charge in [0.2, 0.25) is 0 Å². The van der Waals surface area contributed by atoms with Gasteiger partial charge in [-0.3, -0.25) is 9.69 Å². The molecule has 1 aliphatic rings. The molecule has 0 aromatic heterocycles. The van der Waals surface area contributed by atoms with E-state index in [2.05, 4.69) is 0 Å². The fourth-order valence-corrected chi connectivity index (χ4v) is 2.07. The van der Waals surface area contributed by atoms with Gasteiger partial charge in [-0.05, 0) is 20.8 Å². The number of carbonyl (C=O) groups is 3. The van der Waals surface area contributed by atoms with Crippen LogP contribution < -0.4 is 0 Å². The van der Waals surface area contributed by atoms with E-state index < -0.39 is 35.8 Å². The van der Waals surface area contributed by atoms with Crippen LogP contribution in [0, 0.1) is 0 Å². The van der Waals surface area contributed by atoms with Crippen LogP contribution in [-0.4, -0.2) is 64.0 Å². The third-order valence-corrected chi connectivity index (χ3v) is 2.87. The molecule has 2 atom stereocenters. The first-order chi connectivity index (χ1) is 9.60. The summed E-state index contributed by atoms with van der Waals surface area (Å²) in [7, 11) is 0. The second-order valence-corrected chi connectivity index (χ2v) is 5.85. The Hall–Kier alpha value is -1.83. The number of ether oxygens (including phenoxy) is 2. The number of esters is 1. The lowest BCUT2D eigenvalue weighted by molar-refractivity contribution is -0.156. The molecule has 21 heavy (non-hydrogen) atoms. The standard InChI is InChI=1S/C13H21NO7/c1-13(2,3)21-10(15)4-5-20-8-6-9(11(16)17)14(7-8)12(18)19/h8-9H,4-7H2,1-3H3,(H,16,17)(H,18,19). The largest absolute Gasteiger partial charge is 0.480 e. The zero-order valence-electron chi connectivity index (χ0n) is 12.4. The summed E-state index contributed by atoms with van der Waals surface area (Å²) < 4.78 is 10.5. The Morgan fingerprint density at radius 3 is 2.29 bits per heavy atom. The Morgan fingerprint density at radius 1 is 1.24 bits per heavy atom. The summed E-state index contributed by atoms with van der Waals surface area (Å²) in [4.78, 5) is 34.2. The minimum Gasteiger partial charge on any atom is -0.480 e. The van der Waals surface area contributed by atoms with Crippen molar-refractivity contribution >= 4 is 18.0 Å². The lowest BCUT2D eigenvalue weighted by Gasteiger charge is -2.19. The molecule has 0 spiro atoms. The summed E-state index contributed by atoms with van der Waals surface area (Å²) in [5.41, 5.74) is -0.570. The van der Waals surface area contributed by atoms with Crippen molar-refractivity contribution < 1.29 is 34.1 Å². The van der Waals surface area contributed by atoms with Crippen LogP contribution in [0.1, 0.15) is 33.6 Å². The van der Waals surface area contributed by atoms with Gasteiger partial charge in [-0.15, -0.1) is 0 Å². The molecular formula is C13H21NO7. The highest BCUT2D eigenvalue weighted by atomic mass is 16.6. The molecule has 1 saturated heterocycles. The van der Waals surface area contributed by atoms with Crippen molar-refractivity contribution in [2.75, 3.05) is 13.2 Å². The maximum Gasteiger partial charge on any atom is 0.408 e. The van der Waals surface area contributed by atoms with Crippen molar-refractivity contribution in [1.82, 2.24) is 4.90 Å². The van der Waals surface area contributed by atoms with Crippen LogP contribution in [0.5, 0.6) is 0 Å². The van der Waals surface area contributed by atoms with E-state index in [0.717, 1.165) is 4.90 Å². The van der Waals surface area contributed by atoms with Gasteiger partial charge in [0.1, 0.15) is 11.6 Å². The van der Waals surface area contributed by atoms with Crippen molar-refractivity contribution in [3.63, 3.8) is 0 Å². The molecule has 1 fully saturated rings. The maximum absolute atomic E-state index is 11.5. The predicted octanol–water partition coefficient (Wildman–Crippen LogP) is 0.940. The number of rotatable bonds is 5. The number of likely N-dealkylation sites (tertiary alicyclic amines) is 1. The van der Waals surface area contributed by atoms with Crippen LogP contribution in [0.2, 0.25) is 0 Å². The molecule has 0 bridgehead atoms. The molecule has 0 aromatic rings. The Balaban J connectivity index is 2.39. The van der Waals surface area contributed by atoms with Gasteiger partial charge in [0, 0.05) is 6.42 Å². The smallest absolute Gasteiger partial charge is 0.408 e. The van der Waals surface area contributed by atoms with Gasteiger partial charge in [-0.2, -0.15) is 0 Å². The highest BCUT2D eigenvalue weighted by Gasteiger charge is 2.40. The van der Waals surface area contributed by atoms with E-state index in [4.69, 9.17) is 19.7 Å². The third kappa shape index (κ3) is 5.58. The van der Waals surface area contributed by atoms with Crippen molar-refractivity contribution in [1.29, 1.82) is 0 Å². The van der Waals surface area contributed by atoms with E-state index in [9.17, 15) is 14.4 Å². The van der Waals surface area contributed by atoms with E-state index in [1.54, 1.807) is 20.8 Å². The van der Waals surface area contributed by atoms with Crippen LogP contribution in [-0.2, 0) is 19.1 Å². The summed E-state index contributed by atoms with van der Waals surface area (Å²) >= 11 is 0. The summed E-state index contributed by atoms with van der Waals surface area (Å²) in [6, 6.07) is -1.10.